The highest BCUT2D eigenvalue weighted by Crippen LogP contribution is 2.07. The van der Waals surface area contributed by atoms with Gasteiger partial charge in [0, 0.05) is 26.2 Å². The Morgan fingerprint density at radius 3 is 3.00 bits per heavy atom. The minimum absolute atomic E-state index is 0.0138. The van der Waals surface area contributed by atoms with Crippen LogP contribution in [0.5, 0.6) is 0 Å². The normalized spacial score (nSPS) is 11.3. The van der Waals surface area contributed by atoms with Crippen molar-refractivity contribution in [1.29, 1.82) is 0 Å². The van der Waals surface area contributed by atoms with Crippen molar-refractivity contribution in [3.05, 3.63) is 29.8 Å². The van der Waals surface area contributed by atoms with Crippen LogP contribution in [0.2, 0.25) is 0 Å². The van der Waals surface area contributed by atoms with E-state index in [0.29, 0.717) is 0 Å². The summed E-state index contributed by atoms with van der Waals surface area (Å²) in [6.45, 7) is 0.233. The number of hydrogen-bond acceptors (Lipinski definition) is 4. The van der Waals surface area contributed by atoms with Crippen LogP contribution < -0.4 is 5.73 Å². The van der Waals surface area contributed by atoms with Crippen LogP contribution in [0.3, 0.4) is 0 Å². The van der Waals surface area contributed by atoms with Gasteiger partial charge in [-0.25, -0.2) is 4.39 Å². The molecule has 6 nitrogen and oxygen atoms in total. The number of rotatable bonds is 4. The Hall–Kier alpha value is -2.18. The lowest BCUT2D eigenvalue weighted by atomic mass is 10.2. The minimum Gasteiger partial charge on any atom is -0.409 e. The lowest BCUT2D eigenvalue weighted by molar-refractivity contribution is 0.0793. The third-order valence-electron chi connectivity index (χ3n) is 2.18. The van der Waals surface area contributed by atoms with Gasteiger partial charge in [0.2, 0.25) is 0 Å². The first kappa shape index (κ1) is 12.9. The van der Waals surface area contributed by atoms with Crippen molar-refractivity contribution in [2.45, 2.75) is 6.42 Å². The molecule has 1 heterocycles. The van der Waals surface area contributed by atoms with E-state index in [1.165, 1.54) is 24.2 Å². The van der Waals surface area contributed by atoms with Gasteiger partial charge in [-0.1, -0.05) is 5.16 Å². The molecule has 0 aromatic carbocycles. The van der Waals surface area contributed by atoms with Gasteiger partial charge in [-0.2, -0.15) is 0 Å². The highest BCUT2D eigenvalue weighted by molar-refractivity contribution is 5.94. The molecule has 0 fully saturated rings. The fourth-order valence-corrected chi connectivity index (χ4v) is 1.19. The zero-order valence-corrected chi connectivity index (χ0v) is 9.30. The molecule has 17 heavy (non-hydrogen) atoms. The van der Waals surface area contributed by atoms with Gasteiger partial charge in [-0.3, -0.25) is 9.78 Å². The van der Waals surface area contributed by atoms with E-state index in [4.69, 9.17) is 10.9 Å². The number of carbonyl (C=O) groups excluding carboxylic acids is 1. The lowest BCUT2D eigenvalue weighted by Crippen LogP contribution is -2.31. The van der Waals surface area contributed by atoms with Gasteiger partial charge < -0.3 is 15.8 Å². The van der Waals surface area contributed by atoms with Crippen LogP contribution in [-0.2, 0) is 0 Å². The molecule has 0 saturated heterocycles. The fraction of sp³-hybridized carbons (Fsp3) is 0.300. The first-order valence-corrected chi connectivity index (χ1v) is 4.87. The maximum absolute atomic E-state index is 13.3. The summed E-state index contributed by atoms with van der Waals surface area (Å²) in [7, 11) is 1.51. The van der Waals surface area contributed by atoms with Gasteiger partial charge in [0.15, 0.2) is 5.82 Å². The number of hydrogen-bond donors (Lipinski definition) is 2. The fourth-order valence-electron chi connectivity index (χ4n) is 1.19. The number of amides is 1. The molecule has 0 unspecified atom stereocenters. The van der Waals surface area contributed by atoms with Crippen LogP contribution in [0.15, 0.2) is 23.6 Å². The van der Waals surface area contributed by atoms with Crippen LogP contribution >= 0.6 is 0 Å². The highest BCUT2D eigenvalue weighted by Gasteiger charge is 2.15. The standard InChI is InChI=1S/C10H13FN4O2/c1-15(5-3-9(12)14-17)10(16)7-2-4-13-6-8(7)11/h2,4,6,17H,3,5H2,1H3,(H2,12,14). The average molecular weight is 240 g/mol. The Bertz CT molecular complexity index is 436. The Balaban J connectivity index is 2.68. The second-order valence-corrected chi connectivity index (χ2v) is 3.42. The second-order valence-electron chi connectivity index (χ2n) is 3.42. The monoisotopic (exact) mass is 240 g/mol. The molecule has 0 aliphatic heterocycles. The van der Waals surface area contributed by atoms with Gasteiger partial charge in [0.05, 0.1) is 11.8 Å². The predicted molar refractivity (Wildman–Crippen MR) is 59.2 cm³/mol. The van der Waals surface area contributed by atoms with Gasteiger partial charge in [0.25, 0.3) is 5.91 Å². The van der Waals surface area contributed by atoms with Crippen molar-refractivity contribution >= 4 is 11.7 Å². The maximum atomic E-state index is 13.3. The summed E-state index contributed by atoms with van der Waals surface area (Å²) in [4.78, 5) is 16.6. The van der Waals surface area contributed by atoms with Crippen LogP contribution in [0.25, 0.3) is 0 Å². The number of aromatic nitrogens is 1. The van der Waals surface area contributed by atoms with Gasteiger partial charge >= 0.3 is 0 Å². The Kier molecular flexibility index (Phi) is 4.38. The zero-order valence-electron chi connectivity index (χ0n) is 9.30. The summed E-state index contributed by atoms with van der Waals surface area (Å²) in [5, 5.41) is 11.1. The lowest BCUT2D eigenvalue weighted by Gasteiger charge is -2.16. The van der Waals surface area contributed by atoms with Crippen LogP contribution in [0.1, 0.15) is 16.8 Å². The summed E-state index contributed by atoms with van der Waals surface area (Å²) < 4.78 is 13.3. The Morgan fingerprint density at radius 2 is 2.41 bits per heavy atom. The van der Waals surface area contributed by atoms with E-state index in [2.05, 4.69) is 10.1 Å². The quantitative estimate of drug-likeness (QED) is 0.345. The van der Waals surface area contributed by atoms with E-state index in [-0.39, 0.29) is 24.4 Å². The SMILES string of the molecule is CN(CCC(N)=NO)C(=O)c1ccncc1F. The first-order chi connectivity index (χ1) is 8.06. The van der Waals surface area contributed by atoms with Crippen molar-refractivity contribution in [2.75, 3.05) is 13.6 Å². The van der Waals surface area contributed by atoms with Crippen LogP contribution in [0, 0.1) is 5.82 Å². The molecule has 1 amide bonds. The summed E-state index contributed by atoms with van der Waals surface area (Å²) >= 11 is 0. The molecule has 3 N–H and O–H groups in total. The molecular weight excluding hydrogens is 227 g/mol. The average Bonchev–Trinajstić information content (AvgIpc) is 2.35. The third kappa shape index (κ3) is 3.40. The summed E-state index contributed by atoms with van der Waals surface area (Å²) in [6.07, 6.45) is 2.53. The molecule has 1 rings (SSSR count). The van der Waals surface area contributed by atoms with Gasteiger partial charge in [0.1, 0.15) is 5.84 Å². The van der Waals surface area contributed by atoms with Crippen molar-refractivity contribution in [3.63, 3.8) is 0 Å². The molecule has 7 heteroatoms. The third-order valence-corrected chi connectivity index (χ3v) is 2.18. The molecule has 92 valence electrons. The van der Waals surface area contributed by atoms with E-state index >= 15 is 0 Å². The van der Waals surface area contributed by atoms with Crippen LogP contribution in [-0.4, -0.2) is 40.4 Å². The number of nitrogens with zero attached hydrogens (tertiary/aromatic N) is 3. The molecule has 0 atom stereocenters. The molecule has 0 radical (unpaired) electrons. The number of pyridine rings is 1. The topological polar surface area (TPSA) is 91.8 Å². The molecule has 0 aliphatic carbocycles. The van der Waals surface area contributed by atoms with Crippen molar-refractivity contribution in [1.82, 2.24) is 9.88 Å². The van der Waals surface area contributed by atoms with E-state index in [0.717, 1.165) is 6.20 Å². The second kappa shape index (κ2) is 5.78. The Morgan fingerprint density at radius 1 is 1.71 bits per heavy atom. The molecule has 0 saturated carbocycles. The Labute approximate surface area is 97.5 Å². The van der Waals surface area contributed by atoms with Gasteiger partial charge in [-0.05, 0) is 6.07 Å². The maximum Gasteiger partial charge on any atom is 0.256 e. The summed E-state index contributed by atoms with van der Waals surface area (Å²) in [5.74, 6) is -1.14. The molecule has 0 aliphatic rings. The largest absolute Gasteiger partial charge is 0.409 e. The number of halogens is 1. The predicted octanol–water partition coefficient (Wildman–Crippen LogP) is 0.429. The molecular formula is C10H13FN4O2. The summed E-state index contributed by atoms with van der Waals surface area (Å²) in [5.41, 5.74) is 5.21. The molecule has 0 bridgehead atoms. The number of nitrogens with two attached hydrogens (primary N) is 1. The van der Waals surface area contributed by atoms with Gasteiger partial charge in [-0.15, -0.1) is 0 Å². The van der Waals surface area contributed by atoms with Crippen molar-refractivity contribution in [3.8, 4) is 0 Å². The van der Waals surface area contributed by atoms with E-state index < -0.39 is 11.7 Å². The number of carbonyl (C=O) groups is 1. The van der Waals surface area contributed by atoms with Crippen LogP contribution in [0.4, 0.5) is 4.39 Å². The summed E-state index contributed by atoms with van der Waals surface area (Å²) in [6, 6.07) is 1.30. The van der Waals surface area contributed by atoms with E-state index in [1.54, 1.807) is 0 Å². The highest BCUT2D eigenvalue weighted by atomic mass is 19.1. The minimum atomic E-state index is -0.673. The van der Waals surface area contributed by atoms with E-state index in [1.807, 2.05) is 0 Å². The van der Waals surface area contributed by atoms with Crippen molar-refractivity contribution < 1.29 is 14.4 Å². The molecule has 1 aromatic rings. The smallest absolute Gasteiger partial charge is 0.256 e. The number of amidine groups is 1. The molecule has 1 aromatic heterocycles. The zero-order chi connectivity index (χ0) is 12.8. The van der Waals surface area contributed by atoms with E-state index in [9.17, 15) is 9.18 Å². The first-order valence-electron chi connectivity index (χ1n) is 4.87. The molecule has 0 spiro atoms. The number of oxime groups is 1. The van der Waals surface area contributed by atoms with Crippen molar-refractivity contribution in [2.24, 2.45) is 10.9 Å².